The van der Waals surface area contributed by atoms with Gasteiger partial charge in [0.25, 0.3) is 11.8 Å². The van der Waals surface area contributed by atoms with Crippen LogP contribution in [0.25, 0.3) is 0 Å². The maximum Gasteiger partial charge on any atom is 0.356 e. The first-order valence-electron chi connectivity index (χ1n) is 14.1. The summed E-state index contributed by atoms with van der Waals surface area (Å²) >= 11 is 1.59. The fraction of sp³-hybridized carbons (Fsp3) is 0.303. The van der Waals surface area contributed by atoms with Crippen molar-refractivity contribution in [3.63, 3.8) is 0 Å². The van der Waals surface area contributed by atoms with Crippen molar-refractivity contribution in [3.05, 3.63) is 113 Å². The second-order valence-electron chi connectivity index (χ2n) is 10.5. The molecule has 41 heavy (non-hydrogen) atoms. The van der Waals surface area contributed by atoms with Gasteiger partial charge in [-0.25, -0.2) is 4.79 Å². The fourth-order valence-electron chi connectivity index (χ4n) is 5.85. The summed E-state index contributed by atoms with van der Waals surface area (Å²) in [5.74, 6) is 0.275. The number of hydrogen-bond donors (Lipinski definition) is 1. The molecule has 3 aromatic carbocycles. The summed E-state index contributed by atoms with van der Waals surface area (Å²) < 4.78 is 11.8. The number of carbonyl (C=O) groups is 3. The van der Waals surface area contributed by atoms with Gasteiger partial charge >= 0.3 is 5.97 Å². The van der Waals surface area contributed by atoms with Crippen molar-refractivity contribution in [2.75, 3.05) is 12.4 Å². The molecule has 2 aliphatic heterocycles. The number of amides is 2. The quantitative estimate of drug-likeness (QED) is 0.281. The molecule has 0 unspecified atom stereocenters. The van der Waals surface area contributed by atoms with Crippen LogP contribution < -0.4 is 10.1 Å². The van der Waals surface area contributed by atoms with E-state index in [0.717, 1.165) is 42.4 Å². The second-order valence-corrected chi connectivity index (χ2v) is 11.6. The zero-order chi connectivity index (χ0) is 28.2. The lowest BCUT2D eigenvalue weighted by molar-refractivity contribution is -0.155. The molecule has 1 aliphatic carbocycles. The Balaban J connectivity index is 1.23. The average molecular weight is 569 g/mol. The highest BCUT2D eigenvalue weighted by Crippen LogP contribution is 2.46. The Hall–Kier alpha value is -4.04. The number of ether oxygens (including phenoxy) is 2. The minimum Gasteiger partial charge on any atom is -0.484 e. The molecule has 1 saturated carbocycles. The Bertz CT molecular complexity index is 1380. The molecular formula is C33H32N2O5S. The Morgan fingerprint density at radius 1 is 0.878 bits per heavy atom. The highest BCUT2D eigenvalue weighted by molar-refractivity contribution is 8.00. The number of β-lactam (4-membered cyclic amide) rings is 1. The number of thioether (sulfide) groups is 1. The van der Waals surface area contributed by atoms with E-state index in [1.54, 1.807) is 28.8 Å². The lowest BCUT2D eigenvalue weighted by Gasteiger charge is -2.50. The van der Waals surface area contributed by atoms with E-state index in [4.69, 9.17) is 9.47 Å². The Labute approximate surface area is 243 Å². The van der Waals surface area contributed by atoms with Crippen molar-refractivity contribution < 1.29 is 23.9 Å². The summed E-state index contributed by atoms with van der Waals surface area (Å²) in [6, 6.07) is 27.6. The zero-order valence-corrected chi connectivity index (χ0v) is 23.4. The van der Waals surface area contributed by atoms with E-state index >= 15 is 0 Å². The molecule has 0 bridgehead atoms. The molecule has 210 valence electrons. The first kappa shape index (κ1) is 27.1. The molecule has 1 N–H and O–H groups in total. The van der Waals surface area contributed by atoms with E-state index < -0.39 is 18.1 Å². The van der Waals surface area contributed by atoms with Crippen LogP contribution >= 0.6 is 11.8 Å². The normalized spacial score (nSPS) is 20.4. The Morgan fingerprint density at radius 2 is 1.46 bits per heavy atom. The van der Waals surface area contributed by atoms with E-state index in [1.165, 1.54) is 0 Å². The molecule has 2 amide bonds. The van der Waals surface area contributed by atoms with Crippen LogP contribution in [0.1, 0.15) is 42.9 Å². The summed E-state index contributed by atoms with van der Waals surface area (Å²) in [6.45, 7) is -0.195. The third kappa shape index (κ3) is 5.75. The van der Waals surface area contributed by atoms with Crippen molar-refractivity contribution in [2.45, 2.75) is 43.2 Å². The number of esters is 1. The number of para-hydroxylation sites is 1. The summed E-state index contributed by atoms with van der Waals surface area (Å²) in [5, 5.41) is 2.45. The smallest absolute Gasteiger partial charge is 0.356 e. The lowest BCUT2D eigenvalue weighted by atomic mass is 9.93. The monoisotopic (exact) mass is 568 g/mol. The van der Waals surface area contributed by atoms with Crippen LogP contribution in [0.5, 0.6) is 5.75 Å². The van der Waals surface area contributed by atoms with Crippen LogP contribution in [0.3, 0.4) is 0 Å². The van der Waals surface area contributed by atoms with E-state index in [0.29, 0.717) is 17.2 Å². The predicted octanol–water partition coefficient (Wildman–Crippen LogP) is 5.24. The van der Waals surface area contributed by atoms with E-state index in [2.05, 4.69) is 5.32 Å². The van der Waals surface area contributed by atoms with Crippen molar-refractivity contribution in [3.8, 4) is 5.75 Å². The van der Waals surface area contributed by atoms with Crippen LogP contribution in [0.15, 0.2) is 102 Å². The van der Waals surface area contributed by atoms with Gasteiger partial charge in [0.2, 0.25) is 0 Å². The summed E-state index contributed by atoms with van der Waals surface area (Å²) in [4.78, 5) is 41.8. The van der Waals surface area contributed by atoms with Crippen LogP contribution in [-0.4, -0.2) is 46.5 Å². The van der Waals surface area contributed by atoms with Crippen LogP contribution in [-0.2, 0) is 19.1 Å². The molecule has 2 fully saturated rings. The minimum atomic E-state index is -0.723. The molecule has 6 rings (SSSR count). The number of benzene rings is 3. The van der Waals surface area contributed by atoms with Gasteiger partial charge in [-0.05, 0) is 47.6 Å². The van der Waals surface area contributed by atoms with Crippen LogP contribution in [0.4, 0.5) is 0 Å². The largest absolute Gasteiger partial charge is 0.484 e. The Morgan fingerprint density at radius 3 is 2.07 bits per heavy atom. The summed E-state index contributed by atoms with van der Waals surface area (Å²) in [5.41, 5.74) is 3.05. The molecule has 3 aliphatic rings. The number of carbonyl (C=O) groups excluding carboxylic acids is 3. The minimum absolute atomic E-state index is 0.195. The number of hydrogen-bond acceptors (Lipinski definition) is 6. The van der Waals surface area contributed by atoms with Crippen LogP contribution in [0, 0.1) is 5.92 Å². The van der Waals surface area contributed by atoms with Gasteiger partial charge in [0.1, 0.15) is 22.9 Å². The molecule has 2 atom stereocenters. The van der Waals surface area contributed by atoms with E-state index in [1.807, 2.05) is 78.9 Å². The van der Waals surface area contributed by atoms with Gasteiger partial charge in [-0.2, -0.15) is 0 Å². The van der Waals surface area contributed by atoms with Crippen molar-refractivity contribution >= 4 is 29.5 Å². The maximum atomic E-state index is 14.1. The lowest BCUT2D eigenvalue weighted by Crippen LogP contribution is -2.71. The van der Waals surface area contributed by atoms with Gasteiger partial charge in [0.15, 0.2) is 12.7 Å². The standard InChI is InChI=1S/C33H32N2O5S/c36-27(20-39-25-18-8-3-9-19-25)34-28-31(37)35-29(26(21-41-32(28)35)22-12-10-11-13-22)33(38)40-30(23-14-4-1-5-15-23)24-16-6-2-7-17-24/h1-9,14-19,22,28,30,32H,10-13,20-21H2,(H,34,36)/t28-,32-/m1/s1. The van der Waals surface area contributed by atoms with Crippen molar-refractivity contribution in [2.24, 2.45) is 5.92 Å². The van der Waals surface area contributed by atoms with Crippen molar-refractivity contribution in [1.82, 2.24) is 10.2 Å². The topological polar surface area (TPSA) is 84.9 Å². The van der Waals surface area contributed by atoms with Gasteiger partial charge < -0.3 is 14.8 Å². The first-order valence-corrected chi connectivity index (χ1v) is 15.1. The van der Waals surface area contributed by atoms with E-state index in [9.17, 15) is 14.4 Å². The SMILES string of the molecule is O=C(COc1ccccc1)N[C@@H]1C(=O)N2C(C(=O)OC(c3ccccc3)c3ccccc3)=C(C3CCCC3)CS[C@H]12. The number of rotatable bonds is 9. The van der Waals surface area contributed by atoms with Gasteiger partial charge in [0.05, 0.1) is 0 Å². The zero-order valence-electron chi connectivity index (χ0n) is 22.6. The molecule has 2 heterocycles. The molecule has 0 aromatic heterocycles. The average Bonchev–Trinajstić information content (AvgIpc) is 3.57. The number of nitrogens with one attached hydrogen (secondary N) is 1. The van der Waals surface area contributed by atoms with E-state index in [-0.39, 0.29) is 29.7 Å². The summed E-state index contributed by atoms with van der Waals surface area (Å²) in [6.07, 6.45) is 3.59. The Kier molecular flexibility index (Phi) is 8.09. The van der Waals surface area contributed by atoms with Crippen molar-refractivity contribution in [1.29, 1.82) is 0 Å². The number of nitrogens with zero attached hydrogens (tertiary/aromatic N) is 1. The predicted molar refractivity (Wildman–Crippen MR) is 157 cm³/mol. The fourth-order valence-corrected chi connectivity index (χ4v) is 7.30. The van der Waals surface area contributed by atoms with Gasteiger partial charge in [-0.1, -0.05) is 91.7 Å². The summed E-state index contributed by atoms with van der Waals surface area (Å²) in [7, 11) is 0. The molecule has 1 saturated heterocycles. The third-order valence-electron chi connectivity index (χ3n) is 7.90. The van der Waals surface area contributed by atoms with Gasteiger partial charge in [-0.3, -0.25) is 14.5 Å². The molecule has 0 spiro atoms. The molecule has 8 heteroatoms. The molecule has 7 nitrogen and oxygen atoms in total. The van der Waals surface area contributed by atoms with Gasteiger partial charge in [0, 0.05) is 5.75 Å². The second kappa shape index (κ2) is 12.2. The first-order chi connectivity index (χ1) is 20.1. The highest BCUT2D eigenvalue weighted by atomic mass is 32.2. The molecule has 3 aromatic rings. The molecule has 0 radical (unpaired) electrons. The highest BCUT2D eigenvalue weighted by Gasteiger charge is 2.55. The molecular weight excluding hydrogens is 536 g/mol. The van der Waals surface area contributed by atoms with Gasteiger partial charge in [-0.15, -0.1) is 11.8 Å². The van der Waals surface area contributed by atoms with Crippen LogP contribution in [0.2, 0.25) is 0 Å². The number of fused-ring (bicyclic) bond motifs is 1. The third-order valence-corrected chi connectivity index (χ3v) is 9.20. The maximum absolute atomic E-state index is 14.1.